The van der Waals surface area contributed by atoms with Gasteiger partial charge in [0.2, 0.25) is 0 Å². The van der Waals surface area contributed by atoms with Crippen molar-refractivity contribution in [2.45, 2.75) is 0 Å². The Morgan fingerprint density at radius 3 is 2.92 bits per heavy atom. The number of aromatic nitrogens is 2. The average Bonchev–Trinajstić information content (AvgIpc) is 2.51. The Balaban J connectivity index is 2.91. The highest BCUT2D eigenvalue weighted by Gasteiger charge is 2.17. The van der Waals surface area contributed by atoms with Gasteiger partial charge in [-0.1, -0.05) is 0 Å². The molecule has 0 aromatic carbocycles. The van der Waals surface area contributed by atoms with E-state index in [9.17, 15) is 14.9 Å². The van der Waals surface area contributed by atoms with Crippen LogP contribution in [0.2, 0.25) is 0 Å². The van der Waals surface area contributed by atoms with Gasteiger partial charge in [0, 0.05) is 10.9 Å². The highest BCUT2D eigenvalue weighted by molar-refractivity contribution is 5.86. The Morgan fingerprint density at radius 2 is 2.50 bits per heavy atom. The largest absolute Gasteiger partial charge is 0.463 e. The number of ether oxygens (including phenoxy) is 1. The molecule has 0 amide bonds. The van der Waals surface area contributed by atoms with E-state index in [4.69, 9.17) is 0 Å². The van der Waals surface area contributed by atoms with E-state index in [1.807, 2.05) is 0 Å². The summed E-state index contributed by atoms with van der Waals surface area (Å²) in [6.45, 7) is 0. The molecule has 0 fully saturated rings. The Hall–Kier alpha value is -1.92. The smallest absolute Gasteiger partial charge is 0.385 e. The van der Waals surface area contributed by atoms with Crippen molar-refractivity contribution < 1.29 is 14.6 Å². The minimum atomic E-state index is -0.757. The zero-order valence-corrected chi connectivity index (χ0v) is 6.13. The molecule has 0 N–H and O–H groups in total. The van der Waals surface area contributed by atoms with Crippen molar-refractivity contribution in [1.82, 2.24) is 9.89 Å². The first-order valence-corrected chi connectivity index (χ1v) is 2.94. The molecule has 12 heavy (non-hydrogen) atoms. The van der Waals surface area contributed by atoms with E-state index in [1.165, 1.54) is 13.2 Å². The summed E-state index contributed by atoms with van der Waals surface area (Å²) >= 11 is 0. The van der Waals surface area contributed by atoms with Gasteiger partial charge in [-0.3, -0.25) is 0 Å². The molecular weight excluding hydrogens is 166 g/mol. The van der Waals surface area contributed by atoms with E-state index < -0.39 is 11.0 Å². The third kappa shape index (κ3) is 1.39. The Labute approximate surface area is 66.7 Å². The lowest BCUT2D eigenvalue weighted by Gasteiger charge is -1.88. The first-order valence-electron chi connectivity index (χ1n) is 2.94. The van der Waals surface area contributed by atoms with Crippen molar-refractivity contribution >= 4 is 5.97 Å². The van der Waals surface area contributed by atoms with Gasteiger partial charge in [-0.15, -0.1) is 0 Å². The summed E-state index contributed by atoms with van der Waals surface area (Å²) in [5.41, 5.74) is -0.0887. The van der Waals surface area contributed by atoms with Crippen LogP contribution in [-0.4, -0.2) is 28.0 Å². The lowest BCUT2D eigenvalue weighted by Crippen LogP contribution is -2.11. The minimum Gasteiger partial charge on any atom is -0.463 e. The van der Waals surface area contributed by atoms with Gasteiger partial charge in [0.1, 0.15) is 6.20 Å². The van der Waals surface area contributed by atoms with Gasteiger partial charge in [-0.2, -0.15) is 0 Å². The SMILES string of the molecule is COC(=O)c1ccn([N+](=O)[O-])n1. The number of methoxy groups -OCH3 is 1. The molecule has 0 aliphatic carbocycles. The summed E-state index contributed by atoms with van der Waals surface area (Å²) in [5.74, 6) is -0.699. The molecule has 0 bridgehead atoms. The highest BCUT2D eigenvalue weighted by Crippen LogP contribution is 1.96. The number of esters is 1. The maximum atomic E-state index is 10.7. The summed E-state index contributed by atoms with van der Waals surface area (Å²) in [5, 5.41) is 12.6. The third-order valence-corrected chi connectivity index (χ3v) is 1.14. The van der Waals surface area contributed by atoms with Gasteiger partial charge in [-0.25, -0.2) is 4.79 Å². The normalized spacial score (nSPS) is 9.42. The van der Waals surface area contributed by atoms with Crippen LogP contribution in [-0.2, 0) is 4.74 Å². The third-order valence-electron chi connectivity index (χ3n) is 1.14. The first-order chi connectivity index (χ1) is 5.65. The van der Waals surface area contributed by atoms with Gasteiger partial charge >= 0.3 is 5.97 Å². The fourth-order valence-corrected chi connectivity index (χ4v) is 0.619. The summed E-state index contributed by atoms with van der Waals surface area (Å²) in [4.78, 5) is 21.2. The molecule has 7 nitrogen and oxygen atoms in total. The fraction of sp³-hybridized carbons (Fsp3) is 0.200. The number of hydrogen-bond acceptors (Lipinski definition) is 5. The lowest BCUT2D eigenvalue weighted by molar-refractivity contribution is -0.552. The van der Waals surface area contributed by atoms with Crippen LogP contribution >= 0.6 is 0 Å². The van der Waals surface area contributed by atoms with Crippen LogP contribution in [0.1, 0.15) is 10.5 Å². The highest BCUT2D eigenvalue weighted by atomic mass is 16.7. The van der Waals surface area contributed by atoms with Crippen molar-refractivity contribution in [3.8, 4) is 0 Å². The molecule has 1 heterocycles. The van der Waals surface area contributed by atoms with Crippen LogP contribution in [0.3, 0.4) is 0 Å². The van der Waals surface area contributed by atoms with E-state index in [1.54, 1.807) is 0 Å². The standard InChI is InChI=1S/C5H5N3O4/c1-12-5(9)4-2-3-7(6-4)8(10)11/h2-3H,1H3. The van der Waals surface area contributed by atoms with Crippen LogP contribution in [0.15, 0.2) is 12.3 Å². The summed E-state index contributed by atoms with van der Waals surface area (Å²) in [7, 11) is 1.17. The van der Waals surface area contributed by atoms with Crippen LogP contribution in [0.4, 0.5) is 0 Å². The molecule has 0 unspecified atom stereocenters. The number of nitrogens with zero attached hydrogens (tertiary/aromatic N) is 3. The second-order valence-corrected chi connectivity index (χ2v) is 1.85. The minimum absolute atomic E-state index is 0.0887. The number of carbonyl (C=O) groups is 1. The van der Waals surface area contributed by atoms with Crippen molar-refractivity contribution in [1.29, 1.82) is 0 Å². The summed E-state index contributed by atoms with van der Waals surface area (Å²) in [6.07, 6.45) is 1.06. The Kier molecular flexibility index (Phi) is 2.04. The molecule has 1 aromatic rings. The van der Waals surface area contributed by atoms with Gasteiger partial charge in [0.25, 0.3) is 5.69 Å². The van der Waals surface area contributed by atoms with E-state index in [0.717, 1.165) is 6.20 Å². The monoisotopic (exact) mass is 171 g/mol. The molecule has 0 spiro atoms. The van der Waals surface area contributed by atoms with Crippen molar-refractivity contribution in [3.05, 3.63) is 28.1 Å². The Bertz CT molecular complexity index is 318. The molecule has 0 atom stereocenters. The van der Waals surface area contributed by atoms with Gasteiger partial charge < -0.3 is 14.9 Å². The number of hydrogen-bond donors (Lipinski definition) is 0. The molecular formula is C5H5N3O4. The predicted molar refractivity (Wildman–Crippen MR) is 36.0 cm³/mol. The van der Waals surface area contributed by atoms with Gasteiger partial charge in [0.15, 0.2) is 0 Å². The number of rotatable bonds is 2. The van der Waals surface area contributed by atoms with Crippen molar-refractivity contribution in [2.24, 2.45) is 0 Å². The fourth-order valence-electron chi connectivity index (χ4n) is 0.619. The van der Waals surface area contributed by atoms with Crippen LogP contribution in [0, 0.1) is 10.1 Å². The molecule has 0 aliphatic heterocycles. The van der Waals surface area contributed by atoms with Crippen LogP contribution < -0.4 is 0 Å². The first kappa shape index (κ1) is 8.18. The van der Waals surface area contributed by atoms with Crippen molar-refractivity contribution in [2.75, 3.05) is 7.11 Å². The molecule has 1 aromatic heterocycles. The molecule has 7 heteroatoms. The molecule has 1 rings (SSSR count). The predicted octanol–water partition coefficient (Wildman–Crippen LogP) is -0.291. The molecule has 64 valence electrons. The molecule has 0 aliphatic rings. The average molecular weight is 171 g/mol. The summed E-state index contributed by atoms with van der Waals surface area (Å²) < 4.78 is 4.29. The van der Waals surface area contributed by atoms with Crippen molar-refractivity contribution in [3.63, 3.8) is 0 Å². The van der Waals surface area contributed by atoms with Crippen LogP contribution in [0.5, 0.6) is 0 Å². The molecule has 0 radical (unpaired) electrons. The van der Waals surface area contributed by atoms with E-state index in [-0.39, 0.29) is 5.69 Å². The van der Waals surface area contributed by atoms with E-state index in [2.05, 4.69) is 9.84 Å². The van der Waals surface area contributed by atoms with Gasteiger partial charge in [0.05, 0.1) is 17.2 Å². The maximum Gasteiger partial charge on any atom is 0.385 e. The zero-order valence-electron chi connectivity index (χ0n) is 6.13. The summed E-state index contributed by atoms with van der Waals surface area (Å²) in [6, 6.07) is 1.20. The number of nitro groups is 1. The maximum absolute atomic E-state index is 10.7. The molecule has 0 saturated carbocycles. The second-order valence-electron chi connectivity index (χ2n) is 1.85. The quantitative estimate of drug-likeness (QED) is 0.346. The molecule has 0 saturated heterocycles. The van der Waals surface area contributed by atoms with Crippen LogP contribution in [0.25, 0.3) is 0 Å². The Morgan fingerprint density at radius 1 is 1.83 bits per heavy atom. The van der Waals surface area contributed by atoms with Gasteiger partial charge in [-0.05, 0) is 0 Å². The topological polar surface area (TPSA) is 87.3 Å². The second kappa shape index (κ2) is 2.99. The lowest BCUT2D eigenvalue weighted by atomic mass is 10.4. The number of carbonyl (C=O) groups excluding carboxylic acids is 1. The van der Waals surface area contributed by atoms with E-state index in [0.29, 0.717) is 4.79 Å². The zero-order chi connectivity index (χ0) is 9.14. The van der Waals surface area contributed by atoms with E-state index >= 15 is 0 Å².